The Morgan fingerprint density at radius 2 is 2.33 bits per heavy atom. The zero-order chi connectivity index (χ0) is 8.55. The van der Waals surface area contributed by atoms with Gasteiger partial charge in [0.1, 0.15) is 12.2 Å². The number of fused-ring (bicyclic) bond motifs is 1. The van der Waals surface area contributed by atoms with E-state index >= 15 is 0 Å². The Hall–Kier alpha value is -1.72. The van der Waals surface area contributed by atoms with Gasteiger partial charge in [0.2, 0.25) is 0 Å². The van der Waals surface area contributed by atoms with Crippen LogP contribution in [0, 0.1) is 0 Å². The summed E-state index contributed by atoms with van der Waals surface area (Å²) in [5, 5.41) is 0. The Morgan fingerprint density at radius 1 is 1.50 bits per heavy atom. The Balaban J connectivity index is 2.75. The molecule has 0 bridgehead atoms. The molecule has 3 N–H and O–H groups in total. The van der Waals surface area contributed by atoms with Crippen molar-refractivity contribution in [2.75, 3.05) is 5.73 Å². The Labute approximate surface area is 66.9 Å². The van der Waals surface area contributed by atoms with Gasteiger partial charge in [0.25, 0.3) is 0 Å². The van der Waals surface area contributed by atoms with Gasteiger partial charge in [-0.2, -0.15) is 0 Å². The van der Waals surface area contributed by atoms with Crippen molar-refractivity contribution < 1.29 is 4.39 Å². The van der Waals surface area contributed by atoms with Crippen molar-refractivity contribution >= 4 is 17.0 Å². The number of nitrogen functional groups attached to an aromatic ring is 1. The molecule has 12 heavy (non-hydrogen) atoms. The molecular weight excluding hydrogens is 161 g/mol. The highest BCUT2D eigenvalue weighted by molar-refractivity contribution is 5.80. The highest BCUT2D eigenvalue weighted by atomic mass is 19.1. The number of imidazole rings is 1. The minimum atomic E-state index is -0.729. The summed E-state index contributed by atoms with van der Waals surface area (Å²) in [5.74, 6) is 0.289. The molecule has 0 fully saturated rings. The van der Waals surface area contributed by atoms with E-state index in [2.05, 4.69) is 19.9 Å². The zero-order valence-corrected chi connectivity index (χ0v) is 6.08. The van der Waals surface area contributed by atoms with Gasteiger partial charge in [0.15, 0.2) is 17.3 Å². The lowest BCUT2D eigenvalue weighted by Crippen LogP contribution is -1.98. The fourth-order valence-electron chi connectivity index (χ4n) is 0.962. The lowest BCUT2D eigenvalue weighted by atomic mass is 10.5. The number of H-pyrrole nitrogens is 1. The van der Waals surface area contributed by atoms with E-state index in [1.54, 1.807) is 0 Å². The number of hydrogen-bond acceptors (Lipinski definition) is 4. The molecule has 2 aromatic rings. The predicted molar refractivity (Wildman–Crippen MR) is 40.9 cm³/mol. The molecule has 0 saturated carbocycles. The maximum absolute atomic E-state index is 12.1. The van der Waals surface area contributed by atoms with E-state index in [9.17, 15) is 4.39 Å². The van der Waals surface area contributed by atoms with Gasteiger partial charge in [-0.15, -0.1) is 0 Å². The predicted octanol–water partition coefficient (Wildman–Crippen LogP) is 0.405. The molecule has 5 nitrogen and oxygen atoms in total. The van der Waals surface area contributed by atoms with E-state index in [1.807, 2.05) is 0 Å². The maximum atomic E-state index is 12.1. The molecule has 0 aliphatic heterocycles. The number of aromatic nitrogens is 4. The Kier molecular flexibility index (Phi) is 1.39. The third-order valence-corrected chi connectivity index (χ3v) is 1.48. The van der Waals surface area contributed by atoms with Crippen LogP contribution in [0.2, 0.25) is 0 Å². The molecule has 0 amide bonds. The number of nitrogens with one attached hydrogen (secondary N) is 1. The van der Waals surface area contributed by atoms with E-state index in [0.717, 1.165) is 0 Å². The first kappa shape index (κ1) is 6.96. The summed E-state index contributed by atoms with van der Waals surface area (Å²) in [6.45, 7) is -0.729. The fourth-order valence-corrected chi connectivity index (χ4v) is 0.962. The van der Waals surface area contributed by atoms with Crippen LogP contribution in [0.3, 0.4) is 0 Å². The van der Waals surface area contributed by atoms with Crippen molar-refractivity contribution in [2.45, 2.75) is 6.67 Å². The molecule has 6 heteroatoms. The Morgan fingerprint density at radius 3 is 3.08 bits per heavy atom. The van der Waals surface area contributed by atoms with E-state index in [4.69, 9.17) is 5.73 Å². The van der Waals surface area contributed by atoms with Crippen LogP contribution in [0.25, 0.3) is 11.2 Å². The smallest absolute Gasteiger partial charge is 0.183 e. The Bertz CT molecular complexity index is 409. The summed E-state index contributed by atoms with van der Waals surface area (Å²) in [6, 6.07) is 0. The van der Waals surface area contributed by atoms with E-state index in [0.29, 0.717) is 11.2 Å². The molecule has 0 aliphatic rings. The highest BCUT2D eigenvalue weighted by Crippen LogP contribution is 2.12. The molecule has 0 radical (unpaired) electrons. The summed E-state index contributed by atoms with van der Waals surface area (Å²) < 4.78 is 12.1. The lowest BCUT2D eigenvalue weighted by molar-refractivity contribution is 0.467. The van der Waals surface area contributed by atoms with Crippen molar-refractivity contribution in [3.8, 4) is 0 Å². The van der Waals surface area contributed by atoms with Crippen LogP contribution >= 0.6 is 0 Å². The van der Waals surface area contributed by atoms with Gasteiger partial charge in [-0.25, -0.2) is 19.3 Å². The molecule has 62 valence electrons. The standard InChI is InChI=1S/C6H6FN5/c7-1-3-11-5(8)4-6(12-3)10-2-9-4/h2H,1H2,(H3,8,9,10,11,12). The second-order valence-corrected chi connectivity index (χ2v) is 2.26. The van der Waals surface area contributed by atoms with Crippen LogP contribution < -0.4 is 5.73 Å². The van der Waals surface area contributed by atoms with E-state index < -0.39 is 6.67 Å². The maximum Gasteiger partial charge on any atom is 0.183 e. The van der Waals surface area contributed by atoms with Crippen LogP contribution in [0.1, 0.15) is 5.82 Å². The van der Waals surface area contributed by atoms with Gasteiger partial charge in [0, 0.05) is 0 Å². The molecule has 0 saturated heterocycles. The summed E-state index contributed by atoms with van der Waals surface area (Å²) >= 11 is 0. The average molecular weight is 167 g/mol. The van der Waals surface area contributed by atoms with Crippen molar-refractivity contribution in [1.82, 2.24) is 19.9 Å². The molecule has 2 aromatic heterocycles. The number of rotatable bonds is 1. The number of nitrogens with zero attached hydrogens (tertiary/aromatic N) is 3. The van der Waals surface area contributed by atoms with Gasteiger partial charge in [0.05, 0.1) is 6.33 Å². The third kappa shape index (κ3) is 0.884. The number of hydrogen-bond donors (Lipinski definition) is 2. The first-order valence-electron chi connectivity index (χ1n) is 3.32. The summed E-state index contributed by atoms with van der Waals surface area (Å²) in [4.78, 5) is 14.1. The zero-order valence-electron chi connectivity index (χ0n) is 6.08. The first-order chi connectivity index (χ1) is 5.81. The third-order valence-electron chi connectivity index (χ3n) is 1.48. The van der Waals surface area contributed by atoms with Gasteiger partial charge < -0.3 is 10.7 Å². The second-order valence-electron chi connectivity index (χ2n) is 2.26. The summed E-state index contributed by atoms with van der Waals surface area (Å²) in [5.41, 5.74) is 6.43. The monoisotopic (exact) mass is 167 g/mol. The van der Waals surface area contributed by atoms with E-state index in [1.165, 1.54) is 6.33 Å². The van der Waals surface area contributed by atoms with Gasteiger partial charge >= 0.3 is 0 Å². The largest absolute Gasteiger partial charge is 0.382 e. The highest BCUT2D eigenvalue weighted by Gasteiger charge is 2.05. The lowest BCUT2D eigenvalue weighted by Gasteiger charge is -1.95. The van der Waals surface area contributed by atoms with Crippen molar-refractivity contribution in [3.63, 3.8) is 0 Å². The van der Waals surface area contributed by atoms with E-state index in [-0.39, 0.29) is 11.6 Å². The molecule has 2 rings (SSSR count). The SMILES string of the molecule is Nc1nc(CF)nc2nc[nH]c12. The second kappa shape index (κ2) is 2.40. The van der Waals surface area contributed by atoms with Crippen LogP contribution in [0.4, 0.5) is 10.2 Å². The topological polar surface area (TPSA) is 80.5 Å². The minimum Gasteiger partial charge on any atom is -0.382 e. The van der Waals surface area contributed by atoms with Crippen LogP contribution in [0.15, 0.2) is 6.33 Å². The van der Waals surface area contributed by atoms with Crippen molar-refractivity contribution in [2.24, 2.45) is 0 Å². The van der Waals surface area contributed by atoms with Crippen molar-refractivity contribution in [3.05, 3.63) is 12.2 Å². The van der Waals surface area contributed by atoms with Crippen LogP contribution in [-0.2, 0) is 6.67 Å². The normalized spacial score (nSPS) is 10.8. The number of alkyl halides is 1. The van der Waals surface area contributed by atoms with Crippen LogP contribution in [0.5, 0.6) is 0 Å². The quantitative estimate of drug-likeness (QED) is 0.644. The molecular formula is C6H6FN5. The van der Waals surface area contributed by atoms with Gasteiger partial charge in [-0.3, -0.25) is 0 Å². The molecule has 0 aromatic carbocycles. The number of nitrogens with two attached hydrogens (primary N) is 1. The fraction of sp³-hybridized carbons (Fsp3) is 0.167. The van der Waals surface area contributed by atoms with Gasteiger partial charge in [-0.05, 0) is 0 Å². The van der Waals surface area contributed by atoms with Crippen molar-refractivity contribution in [1.29, 1.82) is 0 Å². The average Bonchev–Trinajstić information content (AvgIpc) is 2.52. The summed E-state index contributed by atoms with van der Waals surface area (Å²) in [7, 11) is 0. The molecule has 0 aliphatic carbocycles. The molecule has 0 atom stereocenters. The molecule has 0 unspecified atom stereocenters. The summed E-state index contributed by atoms with van der Waals surface area (Å²) in [6.07, 6.45) is 1.44. The number of anilines is 1. The van der Waals surface area contributed by atoms with Gasteiger partial charge in [-0.1, -0.05) is 0 Å². The van der Waals surface area contributed by atoms with Crippen LogP contribution in [-0.4, -0.2) is 19.9 Å². The molecule has 2 heterocycles. The molecule has 0 spiro atoms. The minimum absolute atomic E-state index is 0.0621. The number of aromatic amines is 1. The first-order valence-corrected chi connectivity index (χ1v) is 3.32. The number of halogens is 1.